The third-order valence-corrected chi connectivity index (χ3v) is 3.67. The highest BCUT2D eigenvalue weighted by atomic mass is 19.1. The Hall–Kier alpha value is -1.42. The minimum absolute atomic E-state index is 0.0776. The first-order valence-electron chi connectivity index (χ1n) is 6.54. The monoisotopic (exact) mass is 266 g/mol. The lowest BCUT2D eigenvalue weighted by Crippen LogP contribution is -2.46. The number of aryl methyl sites for hydroxylation is 1. The molecule has 0 spiro atoms. The lowest BCUT2D eigenvalue weighted by Gasteiger charge is -2.42. The molecule has 1 aromatic carbocycles. The Morgan fingerprint density at radius 2 is 2.21 bits per heavy atom. The predicted octanol–water partition coefficient (Wildman–Crippen LogP) is 2.76. The van der Waals surface area contributed by atoms with E-state index in [2.05, 4.69) is 0 Å². The molecule has 0 heterocycles. The lowest BCUT2D eigenvalue weighted by atomic mass is 9.72. The zero-order chi connectivity index (χ0) is 14.2. The third-order valence-electron chi connectivity index (χ3n) is 3.67. The molecule has 1 N–H and O–H groups in total. The maximum atomic E-state index is 13.3. The topological polar surface area (TPSA) is 46.5 Å². The van der Waals surface area contributed by atoms with Gasteiger partial charge in [0, 0.05) is 13.3 Å². The highest BCUT2D eigenvalue weighted by Gasteiger charge is 2.46. The number of ether oxygens (including phenoxy) is 1. The molecule has 104 valence electrons. The molecule has 2 rings (SSSR count). The second-order valence-corrected chi connectivity index (χ2v) is 5.50. The summed E-state index contributed by atoms with van der Waals surface area (Å²) in [7, 11) is 0. The van der Waals surface area contributed by atoms with Crippen molar-refractivity contribution >= 4 is 5.97 Å². The second-order valence-electron chi connectivity index (χ2n) is 5.50. The summed E-state index contributed by atoms with van der Waals surface area (Å²) in [6, 6.07) is 4.56. The zero-order valence-corrected chi connectivity index (χ0v) is 11.4. The fraction of sp³-hybridized carbons (Fsp3) is 0.533. The van der Waals surface area contributed by atoms with Gasteiger partial charge in [-0.15, -0.1) is 0 Å². The van der Waals surface area contributed by atoms with Gasteiger partial charge in [-0.05, 0) is 35.6 Å². The van der Waals surface area contributed by atoms with Gasteiger partial charge in [0.15, 0.2) is 0 Å². The van der Waals surface area contributed by atoms with E-state index in [-0.39, 0.29) is 17.7 Å². The van der Waals surface area contributed by atoms with E-state index in [9.17, 15) is 14.3 Å². The molecule has 0 bridgehead atoms. The molecule has 0 radical (unpaired) electrons. The van der Waals surface area contributed by atoms with Crippen molar-refractivity contribution < 1.29 is 19.0 Å². The quantitative estimate of drug-likeness (QED) is 0.661. The number of rotatable bonds is 2. The summed E-state index contributed by atoms with van der Waals surface area (Å²) in [5.41, 5.74) is 1.75. The molecule has 0 aromatic heterocycles. The van der Waals surface area contributed by atoms with Gasteiger partial charge in [0.05, 0.1) is 5.92 Å². The standard InChI is InChI=1S/C15H19FO3/c1-9(2)14-13-5-4-12(16)8-11(13)6-7-15(14,18)19-10(3)17/h4-5,8-9,14,18H,6-7H2,1-3H3/t14-,15-/m0/s1. The van der Waals surface area contributed by atoms with Gasteiger partial charge in [0.2, 0.25) is 5.79 Å². The molecule has 0 aliphatic heterocycles. The summed E-state index contributed by atoms with van der Waals surface area (Å²) in [5.74, 6) is -2.53. The largest absolute Gasteiger partial charge is 0.433 e. The molecule has 3 nitrogen and oxygen atoms in total. The van der Waals surface area contributed by atoms with Crippen LogP contribution in [0, 0.1) is 11.7 Å². The Kier molecular flexibility index (Phi) is 3.63. The Bertz CT molecular complexity index is 498. The van der Waals surface area contributed by atoms with Crippen LogP contribution in [0.2, 0.25) is 0 Å². The van der Waals surface area contributed by atoms with Crippen molar-refractivity contribution in [3.8, 4) is 0 Å². The molecule has 4 heteroatoms. The molecule has 0 fully saturated rings. The van der Waals surface area contributed by atoms with Crippen LogP contribution >= 0.6 is 0 Å². The van der Waals surface area contributed by atoms with Gasteiger partial charge < -0.3 is 9.84 Å². The summed E-state index contributed by atoms with van der Waals surface area (Å²) in [5, 5.41) is 10.7. The maximum Gasteiger partial charge on any atom is 0.305 e. The molecule has 0 saturated carbocycles. The molecular formula is C15H19FO3. The van der Waals surface area contributed by atoms with Crippen LogP contribution < -0.4 is 0 Å². The summed E-state index contributed by atoms with van der Waals surface area (Å²) < 4.78 is 18.4. The van der Waals surface area contributed by atoms with Crippen LogP contribution in [0.1, 0.15) is 44.2 Å². The molecule has 0 amide bonds. The first-order valence-corrected chi connectivity index (χ1v) is 6.54. The first kappa shape index (κ1) is 14.0. The van der Waals surface area contributed by atoms with Gasteiger partial charge in [-0.25, -0.2) is 4.39 Å². The normalized spacial score (nSPS) is 26.1. The van der Waals surface area contributed by atoms with Gasteiger partial charge in [-0.3, -0.25) is 4.79 Å². The number of fused-ring (bicyclic) bond motifs is 1. The van der Waals surface area contributed by atoms with Crippen LogP contribution in [0.3, 0.4) is 0 Å². The van der Waals surface area contributed by atoms with E-state index in [0.717, 1.165) is 11.1 Å². The van der Waals surface area contributed by atoms with Crippen molar-refractivity contribution in [2.45, 2.75) is 45.3 Å². The average molecular weight is 266 g/mol. The van der Waals surface area contributed by atoms with E-state index in [1.54, 1.807) is 6.07 Å². The highest BCUT2D eigenvalue weighted by molar-refractivity contribution is 5.66. The minimum atomic E-state index is -1.50. The van der Waals surface area contributed by atoms with Crippen LogP contribution in [0.15, 0.2) is 18.2 Å². The van der Waals surface area contributed by atoms with E-state index in [4.69, 9.17) is 4.74 Å². The Morgan fingerprint density at radius 1 is 1.53 bits per heavy atom. The molecule has 19 heavy (non-hydrogen) atoms. The third kappa shape index (κ3) is 2.63. The predicted molar refractivity (Wildman–Crippen MR) is 69.0 cm³/mol. The van der Waals surface area contributed by atoms with Crippen molar-refractivity contribution in [3.05, 3.63) is 35.1 Å². The maximum absolute atomic E-state index is 13.3. The Balaban J connectivity index is 2.46. The number of halogens is 1. The number of benzene rings is 1. The van der Waals surface area contributed by atoms with Gasteiger partial charge in [0.25, 0.3) is 0 Å². The number of hydrogen-bond donors (Lipinski definition) is 1. The fourth-order valence-electron chi connectivity index (χ4n) is 3.05. The molecule has 1 aliphatic carbocycles. The molecule has 0 unspecified atom stereocenters. The van der Waals surface area contributed by atoms with Crippen molar-refractivity contribution in [1.29, 1.82) is 0 Å². The first-order chi connectivity index (χ1) is 8.83. The van der Waals surface area contributed by atoms with E-state index in [1.807, 2.05) is 13.8 Å². The summed E-state index contributed by atoms with van der Waals surface area (Å²) >= 11 is 0. The fourth-order valence-corrected chi connectivity index (χ4v) is 3.05. The zero-order valence-electron chi connectivity index (χ0n) is 11.4. The number of carbonyl (C=O) groups excluding carboxylic acids is 1. The number of esters is 1. The minimum Gasteiger partial charge on any atom is -0.433 e. The SMILES string of the molecule is CC(=O)O[C@@]1(O)CCc2cc(F)ccc2[C@@H]1C(C)C. The Labute approximate surface area is 112 Å². The van der Waals surface area contributed by atoms with Gasteiger partial charge in [-0.1, -0.05) is 19.9 Å². The summed E-state index contributed by atoms with van der Waals surface area (Å²) in [4.78, 5) is 11.2. The van der Waals surface area contributed by atoms with Gasteiger partial charge >= 0.3 is 5.97 Å². The van der Waals surface area contributed by atoms with Crippen LogP contribution in [-0.4, -0.2) is 16.9 Å². The van der Waals surface area contributed by atoms with Crippen LogP contribution in [-0.2, 0) is 16.0 Å². The van der Waals surface area contributed by atoms with Crippen LogP contribution in [0.25, 0.3) is 0 Å². The van der Waals surface area contributed by atoms with Gasteiger partial charge in [-0.2, -0.15) is 0 Å². The highest BCUT2D eigenvalue weighted by Crippen LogP contribution is 2.44. The summed E-state index contributed by atoms with van der Waals surface area (Å²) in [6.45, 7) is 5.20. The van der Waals surface area contributed by atoms with Gasteiger partial charge in [0.1, 0.15) is 5.82 Å². The van der Waals surface area contributed by atoms with E-state index < -0.39 is 11.8 Å². The average Bonchev–Trinajstić information content (AvgIpc) is 2.27. The van der Waals surface area contributed by atoms with Crippen LogP contribution in [0.4, 0.5) is 4.39 Å². The van der Waals surface area contributed by atoms with Crippen LogP contribution in [0.5, 0.6) is 0 Å². The number of aliphatic hydroxyl groups is 1. The molecule has 2 atom stereocenters. The number of carbonyl (C=O) groups is 1. The Morgan fingerprint density at radius 3 is 2.79 bits per heavy atom. The van der Waals surface area contributed by atoms with Crippen molar-refractivity contribution in [2.75, 3.05) is 0 Å². The summed E-state index contributed by atoms with van der Waals surface area (Å²) in [6.07, 6.45) is 0.798. The van der Waals surface area contributed by atoms with E-state index in [1.165, 1.54) is 19.1 Å². The van der Waals surface area contributed by atoms with E-state index in [0.29, 0.717) is 12.8 Å². The van der Waals surface area contributed by atoms with Crippen molar-refractivity contribution in [2.24, 2.45) is 5.92 Å². The second kappa shape index (κ2) is 4.93. The molecule has 0 saturated heterocycles. The molecular weight excluding hydrogens is 247 g/mol. The van der Waals surface area contributed by atoms with Crippen molar-refractivity contribution in [1.82, 2.24) is 0 Å². The molecule has 1 aromatic rings. The van der Waals surface area contributed by atoms with E-state index >= 15 is 0 Å². The number of hydrogen-bond acceptors (Lipinski definition) is 3. The van der Waals surface area contributed by atoms with Crippen molar-refractivity contribution in [3.63, 3.8) is 0 Å². The molecule has 1 aliphatic rings. The smallest absolute Gasteiger partial charge is 0.305 e. The lowest BCUT2D eigenvalue weighted by molar-refractivity contribution is -0.227.